The van der Waals surface area contributed by atoms with Crippen molar-refractivity contribution < 1.29 is 4.79 Å². The molecular formula is C18H24ClN7O. The van der Waals surface area contributed by atoms with Crippen molar-refractivity contribution in [3.63, 3.8) is 0 Å². The van der Waals surface area contributed by atoms with Crippen LogP contribution >= 0.6 is 11.6 Å². The monoisotopic (exact) mass is 389 g/mol. The number of anilines is 2. The highest BCUT2D eigenvalue weighted by molar-refractivity contribution is 6.30. The van der Waals surface area contributed by atoms with E-state index in [0.717, 1.165) is 37.4 Å². The second-order valence-electron chi connectivity index (χ2n) is 7.20. The van der Waals surface area contributed by atoms with Crippen LogP contribution in [-0.2, 0) is 11.2 Å². The highest BCUT2D eigenvalue weighted by Crippen LogP contribution is 2.24. The molecule has 1 amide bonds. The molecule has 0 aliphatic carbocycles. The molecule has 1 aromatic carbocycles. The smallest absolute Gasteiger partial charge is 0.246 e. The fourth-order valence-corrected chi connectivity index (χ4v) is 4.14. The third-order valence-corrected chi connectivity index (χ3v) is 5.67. The molecule has 3 heterocycles. The van der Waals surface area contributed by atoms with Gasteiger partial charge in [-0.05, 0) is 37.0 Å². The van der Waals surface area contributed by atoms with Crippen molar-refractivity contribution in [2.75, 3.05) is 36.8 Å². The van der Waals surface area contributed by atoms with Gasteiger partial charge in [-0.15, -0.1) is 5.10 Å². The van der Waals surface area contributed by atoms with Gasteiger partial charge in [0.2, 0.25) is 17.8 Å². The Balaban J connectivity index is 1.41. The summed E-state index contributed by atoms with van der Waals surface area (Å²) in [4.78, 5) is 20.8. The first-order valence-electron chi connectivity index (χ1n) is 9.28. The number of hydrogen-bond donors (Lipinski definition) is 3. The Morgan fingerprint density at radius 1 is 1.22 bits per heavy atom. The predicted molar refractivity (Wildman–Crippen MR) is 105 cm³/mol. The fourth-order valence-electron chi connectivity index (χ4n) is 4.01. The zero-order valence-electron chi connectivity index (χ0n) is 15.1. The van der Waals surface area contributed by atoms with Gasteiger partial charge in [-0.1, -0.05) is 23.7 Å². The van der Waals surface area contributed by atoms with Crippen LogP contribution in [-0.4, -0.2) is 64.3 Å². The van der Waals surface area contributed by atoms with Crippen LogP contribution in [0.3, 0.4) is 0 Å². The Morgan fingerprint density at radius 3 is 2.63 bits per heavy atom. The molecule has 144 valence electrons. The minimum Gasteiger partial charge on any atom is -0.368 e. The SMILES string of the molecule is Nc1nc(N2CCC(N3CC(=O)NC[C@@H]3Cc3ccc(Cl)cc3)CC2)n[nH]1. The molecule has 2 aliphatic heterocycles. The number of carbonyl (C=O) groups is 1. The van der Waals surface area contributed by atoms with Gasteiger partial charge in [0, 0.05) is 36.7 Å². The number of nitrogens with one attached hydrogen (secondary N) is 2. The van der Waals surface area contributed by atoms with Gasteiger partial charge in [-0.2, -0.15) is 4.98 Å². The summed E-state index contributed by atoms with van der Waals surface area (Å²) < 4.78 is 0. The highest BCUT2D eigenvalue weighted by atomic mass is 35.5. The van der Waals surface area contributed by atoms with Gasteiger partial charge in [0.25, 0.3) is 0 Å². The van der Waals surface area contributed by atoms with E-state index in [4.69, 9.17) is 17.3 Å². The van der Waals surface area contributed by atoms with Gasteiger partial charge in [-0.25, -0.2) is 5.10 Å². The average molecular weight is 390 g/mol. The zero-order chi connectivity index (χ0) is 18.8. The molecule has 4 rings (SSSR count). The van der Waals surface area contributed by atoms with E-state index in [-0.39, 0.29) is 5.91 Å². The minimum absolute atomic E-state index is 0.103. The number of aromatic amines is 1. The van der Waals surface area contributed by atoms with Gasteiger partial charge < -0.3 is 16.0 Å². The molecule has 2 aliphatic rings. The number of aromatic nitrogens is 3. The number of rotatable bonds is 4. The molecule has 1 aromatic heterocycles. The summed E-state index contributed by atoms with van der Waals surface area (Å²) in [5.41, 5.74) is 6.86. The van der Waals surface area contributed by atoms with Crippen molar-refractivity contribution in [1.82, 2.24) is 25.4 Å². The Kier molecular flexibility index (Phi) is 5.18. The Labute approximate surface area is 163 Å². The number of hydrogen-bond acceptors (Lipinski definition) is 6. The van der Waals surface area contributed by atoms with Gasteiger partial charge in [0.05, 0.1) is 6.54 Å². The fraction of sp³-hybridized carbons (Fsp3) is 0.500. The topological polar surface area (TPSA) is 103 Å². The molecule has 27 heavy (non-hydrogen) atoms. The van der Waals surface area contributed by atoms with E-state index in [9.17, 15) is 4.79 Å². The second kappa shape index (κ2) is 7.74. The van der Waals surface area contributed by atoms with Crippen molar-refractivity contribution in [3.05, 3.63) is 34.9 Å². The Bertz CT molecular complexity index is 785. The minimum atomic E-state index is 0.103. The van der Waals surface area contributed by atoms with E-state index in [0.29, 0.717) is 37.1 Å². The van der Waals surface area contributed by atoms with Crippen molar-refractivity contribution in [3.8, 4) is 0 Å². The average Bonchev–Trinajstić information content (AvgIpc) is 3.11. The van der Waals surface area contributed by atoms with Crippen LogP contribution in [0.2, 0.25) is 5.02 Å². The van der Waals surface area contributed by atoms with Crippen molar-refractivity contribution in [2.45, 2.75) is 31.3 Å². The van der Waals surface area contributed by atoms with Gasteiger partial charge in [0.15, 0.2) is 0 Å². The lowest BCUT2D eigenvalue weighted by Gasteiger charge is -2.44. The number of piperidine rings is 1. The van der Waals surface area contributed by atoms with Gasteiger partial charge >= 0.3 is 0 Å². The maximum Gasteiger partial charge on any atom is 0.246 e. The summed E-state index contributed by atoms with van der Waals surface area (Å²) in [5.74, 6) is 1.09. The van der Waals surface area contributed by atoms with Crippen molar-refractivity contribution in [1.29, 1.82) is 0 Å². The molecule has 2 fully saturated rings. The number of piperazine rings is 1. The first kappa shape index (κ1) is 18.1. The number of halogens is 1. The molecule has 0 spiro atoms. The van der Waals surface area contributed by atoms with E-state index in [1.807, 2.05) is 12.1 Å². The molecule has 1 atom stereocenters. The van der Waals surface area contributed by atoms with Crippen LogP contribution in [0.15, 0.2) is 24.3 Å². The van der Waals surface area contributed by atoms with Gasteiger partial charge in [-0.3, -0.25) is 9.69 Å². The molecule has 8 nitrogen and oxygen atoms in total. The van der Waals surface area contributed by atoms with E-state index in [1.54, 1.807) is 0 Å². The summed E-state index contributed by atoms with van der Waals surface area (Å²) in [7, 11) is 0. The quantitative estimate of drug-likeness (QED) is 0.722. The largest absolute Gasteiger partial charge is 0.368 e. The Morgan fingerprint density at radius 2 is 1.96 bits per heavy atom. The van der Waals surface area contributed by atoms with Crippen LogP contribution in [0, 0.1) is 0 Å². The maximum atomic E-state index is 12.0. The number of H-pyrrole nitrogens is 1. The zero-order valence-corrected chi connectivity index (χ0v) is 15.8. The first-order chi connectivity index (χ1) is 13.1. The number of nitrogen functional groups attached to an aromatic ring is 1. The van der Waals surface area contributed by atoms with E-state index in [1.165, 1.54) is 5.56 Å². The lowest BCUT2D eigenvalue weighted by Crippen LogP contribution is -2.60. The molecule has 2 saturated heterocycles. The molecule has 9 heteroatoms. The summed E-state index contributed by atoms with van der Waals surface area (Å²) in [5, 5.41) is 10.6. The molecule has 0 radical (unpaired) electrons. The second-order valence-corrected chi connectivity index (χ2v) is 7.64. The molecular weight excluding hydrogens is 366 g/mol. The molecule has 0 bridgehead atoms. The first-order valence-corrected chi connectivity index (χ1v) is 9.66. The standard InChI is InChI=1S/C18H24ClN7O/c19-13-3-1-12(2-4-13)9-15-10-21-16(27)11-26(15)14-5-7-25(8-6-14)18-22-17(20)23-24-18/h1-4,14-15H,5-11H2,(H,21,27)(H3,20,22,23,24)/t15-/m0/s1. The Hall–Kier alpha value is -2.32. The van der Waals surface area contributed by atoms with Crippen molar-refractivity contribution in [2.24, 2.45) is 0 Å². The lowest BCUT2D eigenvalue weighted by molar-refractivity contribution is -0.126. The molecule has 0 saturated carbocycles. The van der Waals surface area contributed by atoms with E-state index < -0.39 is 0 Å². The summed E-state index contributed by atoms with van der Waals surface area (Å²) >= 11 is 6.00. The maximum absolute atomic E-state index is 12.0. The lowest BCUT2D eigenvalue weighted by atomic mass is 9.96. The van der Waals surface area contributed by atoms with Gasteiger partial charge in [0.1, 0.15) is 0 Å². The highest BCUT2D eigenvalue weighted by Gasteiger charge is 2.34. The van der Waals surface area contributed by atoms with Crippen LogP contribution in [0.25, 0.3) is 0 Å². The summed E-state index contributed by atoms with van der Waals surface area (Å²) in [6, 6.07) is 8.63. The molecule has 4 N–H and O–H groups in total. The summed E-state index contributed by atoms with van der Waals surface area (Å²) in [6.07, 6.45) is 2.84. The van der Waals surface area contributed by atoms with Crippen LogP contribution < -0.4 is 16.0 Å². The third-order valence-electron chi connectivity index (χ3n) is 5.42. The van der Waals surface area contributed by atoms with E-state index in [2.05, 4.69) is 42.4 Å². The normalized spacial score (nSPS) is 22.0. The van der Waals surface area contributed by atoms with E-state index >= 15 is 0 Å². The predicted octanol–water partition coefficient (Wildman–Crippen LogP) is 1.05. The number of nitrogens with zero attached hydrogens (tertiary/aromatic N) is 4. The van der Waals surface area contributed by atoms with Crippen LogP contribution in [0.4, 0.5) is 11.9 Å². The van der Waals surface area contributed by atoms with Crippen LogP contribution in [0.1, 0.15) is 18.4 Å². The number of benzene rings is 1. The van der Waals surface area contributed by atoms with Crippen LogP contribution in [0.5, 0.6) is 0 Å². The summed E-state index contributed by atoms with van der Waals surface area (Å²) in [6.45, 7) is 2.84. The molecule has 0 unspecified atom stereocenters. The third kappa shape index (κ3) is 4.17. The number of amides is 1. The van der Waals surface area contributed by atoms with Crippen molar-refractivity contribution >= 4 is 29.4 Å². The number of carbonyl (C=O) groups excluding carboxylic acids is 1. The number of nitrogens with two attached hydrogens (primary N) is 1. The molecule has 2 aromatic rings.